The van der Waals surface area contributed by atoms with Crippen molar-refractivity contribution in [2.75, 3.05) is 0 Å². The van der Waals surface area contributed by atoms with Crippen LogP contribution >= 0.6 is 0 Å². The lowest BCUT2D eigenvalue weighted by Crippen LogP contribution is -2.13. The van der Waals surface area contributed by atoms with Crippen LogP contribution in [0.15, 0.2) is 58.4 Å². The van der Waals surface area contributed by atoms with Crippen LogP contribution in [0.3, 0.4) is 0 Å². The standard InChI is InChI=1S/C16H14N6O2/c17-15(18)9-1-3-11(20-7-9)13-5-6-14(24-13)12-4-2-10(8-21-12)16(19)22-23/h1-8,23H,(H3,17,18)(H2,19,22). The molecule has 0 radical (unpaired) electrons. The summed E-state index contributed by atoms with van der Waals surface area (Å²) in [6, 6.07) is 10.4. The lowest BCUT2D eigenvalue weighted by molar-refractivity contribution is 0.318. The third-order valence-electron chi connectivity index (χ3n) is 3.35. The molecule has 0 aromatic carbocycles. The monoisotopic (exact) mass is 322 g/mol. The van der Waals surface area contributed by atoms with Crippen molar-refractivity contribution < 1.29 is 9.62 Å². The van der Waals surface area contributed by atoms with E-state index in [1.54, 1.807) is 36.4 Å². The Bertz CT molecular complexity index is 897. The van der Waals surface area contributed by atoms with Gasteiger partial charge >= 0.3 is 0 Å². The van der Waals surface area contributed by atoms with Crippen molar-refractivity contribution in [3.63, 3.8) is 0 Å². The van der Waals surface area contributed by atoms with Gasteiger partial charge in [0.1, 0.15) is 17.2 Å². The van der Waals surface area contributed by atoms with E-state index in [-0.39, 0.29) is 11.7 Å². The van der Waals surface area contributed by atoms with Gasteiger partial charge in [-0.1, -0.05) is 5.16 Å². The number of furan rings is 1. The summed E-state index contributed by atoms with van der Waals surface area (Å²) in [6.45, 7) is 0. The molecule has 0 spiro atoms. The Labute approximate surface area is 137 Å². The van der Waals surface area contributed by atoms with E-state index < -0.39 is 0 Å². The van der Waals surface area contributed by atoms with E-state index in [1.165, 1.54) is 12.4 Å². The molecular weight excluding hydrogens is 308 g/mol. The van der Waals surface area contributed by atoms with Crippen molar-refractivity contribution in [2.45, 2.75) is 0 Å². The minimum Gasteiger partial charge on any atom is -0.453 e. The maximum absolute atomic E-state index is 8.65. The van der Waals surface area contributed by atoms with Gasteiger partial charge in [-0.05, 0) is 36.4 Å². The fourth-order valence-electron chi connectivity index (χ4n) is 2.06. The highest BCUT2D eigenvalue weighted by Crippen LogP contribution is 2.26. The summed E-state index contributed by atoms with van der Waals surface area (Å²) in [5, 5.41) is 18.9. The molecule has 0 saturated carbocycles. The van der Waals surface area contributed by atoms with Crippen molar-refractivity contribution in [1.82, 2.24) is 9.97 Å². The Morgan fingerprint density at radius 3 is 1.88 bits per heavy atom. The van der Waals surface area contributed by atoms with Crippen LogP contribution in [-0.4, -0.2) is 26.8 Å². The highest BCUT2D eigenvalue weighted by Gasteiger charge is 2.10. The molecule has 24 heavy (non-hydrogen) atoms. The largest absolute Gasteiger partial charge is 0.453 e. The summed E-state index contributed by atoms with van der Waals surface area (Å²) in [6.07, 6.45) is 3.01. The maximum Gasteiger partial charge on any atom is 0.171 e. The number of nitrogens with one attached hydrogen (secondary N) is 1. The number of rotatable bonds is 4. The van der Waals surface area contributed by atoms with Crippen molar-refractivity contribution in [1.29, 1.82) is 5.41 Å². The van der Waals surface area contributed by atoms with Gasteiger partial charge in [0.2, 0.25) is 0 Å². The van der Waals surface area contributed by atoms with E-state index in [1.807, 2.05) is 0 Å². The molecule has 6 N–H and O–H groups in total. The molecule has 120 valence electrons. The third-order valence-corrected chi connectivity index (χ3v) is 3.35. The van der Waals surface area contributed by atoms with Gasteiger partial charge in [0, 0.05) is 23.5 Å². The normalized spacial score (nSPS) is 11.4. The highest BCUT2D eigenvalue weighted by atomic mass is 16.4. The van der Waals surface area contributed by atoms with Crippen LogP contribution in [0.5, 0.6) is 0 Å². The molecule has 3 rings (SSSR count). The number of nitrogens with zero attached hydrogens (tertiary/aromatic N) is 3. The van der Waals surface area contributed by atoms with E-state index in [9.17, 15) is 0 Å². The Kier molecular flexibility index (Phi) is 3.94. The van der Waals surface area contributed by atoms with Gasteiger partial charge in [-0.15, -0.1) is 0 Å². The molecule has 0 fully saturated rings. The summed E-state index contributed by atoms with van der Waals surface area (Å²) in [7, 11) is 0. The minimum absolute atomic E-state index is 0.0102. The van der Waals surface area contributed by atoms with Gasteiger partial charge < -0.3 is 21.1 Å². The van der Waals surface area contributed by atoms with Gasteiger partial charge in [0.25, 0.3) is 0 Å². The number of amidine groups is 2. The predicted molar refractivity (Wildman–Crippen MR) is 88.7 cm³/mol. The average molecular weight is 322 g/mol. The number of nitrogen functional groups attached to an aromatic ring is 1. The smallest absolute Gasteiger partial charge is 0.171 e. The molecule has 0 saturated heterocycles. The molecule has 0 unspecified atom stereocenters. The lowest BCUT2D eigenvalue weighted by atomic mass is 10.2. The molecular formula is C16H14N6O2. The minimum atomic E-state index is -0.0378. The Hall–Kier alpha value is -3.68. The van der Waals surface area contributed by atoms with Crippen LogP contribution in [0.4, 0.5) is 0 Å². The van der Waals surface area contributed by atoms with Crippen molar-refractivity contribution >= 4 is 11.7 Å². The predicted octanol–water partition coefficient (Wildman–Crippen LogP) is 1.78. The van der Waals surface area contributed by atoms with Crippen LogP contribution < -0.4 is 11.5 Å². The van der Waals surface area contributed by atoms with E-state index in [0.717, 1.165) is 0 Å². The number of hydrogen-bond donors (Lipinski definition) is 4. The fraction of sp³-hybridized carbons (Fsp3) is 0. The molecule has 3 aromatic rings. The van der Waals surface area contributed by atoms with Gasteiger partial charge in [0.05, 0.1) is 0 Å². The average Bonchev–Trinajstić information content (AvgIpc) is 3.11. The number of pyridine rings is 2. The quantitative estimate of drug-likeness (QED) is 0.249. The molecule has 0 aliphatic rings. The second-order valence-electron chi connectivity index (χ2n) is 4.93. The zero-order chi connectivity index (χ0) is 17.1. The number of oxime groups is 1. The van der Waals surface area contributed by atoms with Crippen LogP contribution in [0.25, 0.3) is 22.9 Å². The van der Waals surface area contributed by atoms with Crippen LogP contribution in [0.1, 0.15) is 11.1 Å². The SMILES string of the molecule is N=C(N)c1ccc(-c2ccc(-c3ccc(/C(N)=N/O)cn3)o2)nc1. The molecule has 0 aliphatic carbocycles. The van der Waals surface area contributed by atoms with Crippen LogP contribution in [0.2, 0.25) is 0 Å². The Morgan fingerprint density at radius 2 is 1.46 bits per heavy atom. The first-order chi connectivity index (χ1) is 11.6. The molecule has 8 heteroatoms. The summed E-state index contributed by atoms with van der Waals surface area (Å²) in [4.78, 5) is 8.46. The van der Waals surface area contributed by atoms with Crippen molar-refractivity contribution in [3.8, 4) is 22.9 Å². The van der Waals surface area contributed by atoms with E-state index in [0.29, 0.717) is 34.0 Å². The maximum atomic E-state index is 8.65. The highest BCUT2D eigenvalue weighted by molar-refractivity contribution is 5.97. The Balaban J connectivity index is 1.86. The van der Waals surface area contributed by atoms with Gasteiger partial charge in [-0.3, -0.25) is 15.4 Å². The molecule has 0 bridgehead atoms. The first-order valence-corrected chi connectivity index (χ1v) is 6.93. The van der Waals surface area contributed by atoms with Crippen LogP contribution in [-0.2, 0) is 0 Å². The summed E-state index contributed by atoms with van der Waals surface area (Å²) < 4.78 is 5.76. The zero-order valence-electron chi connectivity index (χ0n) is 12.5. The number of hydrogen-bond acceptors (Lipinski definition) is 6. The zero-order valence-corrected chi connectivity index (χ0v) is 12.5. The van der Waals surface area contributed by atoms with Crippen molar-refractivity contribution in [3.05, 3.63) is 59.9 Å². The third kappa shape index (κ3) is 2.93. The molecule has 0 aliphatic heterocycles. The van der Waals surface area contributed by atoms with Crippen LogP contribution in [0, 0.1) is 5.41 Å². The fourth-order valence-corrected chi connectivity index (χ4v) is 2.06. The Morgan fingerprint density at radius 1 is 0.917 bits per heavy atom. The van der Waals surface area contributed by atoms with Crippen molar-refractivity contribution in [2.24, 2.45) is 16.6 Å². The summed E-state index contributed by atoms with van der Waals surface area (Å²) in [5.74, 6) is 1.09. The topological polar surface area (TPSA) is 147 Å². The van der Waals surface area contributed by atoms with Gasteiger partial charge in [0.15, 0.2) is 17.4 Å². The van der Waals surface area contributed by atoms with Gasteiger partial charge in [-0.2, -0.15) is 0 Å². The first-order valence-electron chi connectivity index (χ1n) is 6.93. The second-order valence-corrected chi connectivity index (χ2v) is 4.93. The molecule has 8 nitrogen and oxygen atoms in total. The summed E-state index contributed by atoms with van der Waals surface area (Å²) in [5.41, 5.74) is 13.2. The van der Waals surface area contributed by atoms with Gasteiger partial charge in [-0.25, -0.2) is 0 Å². The number of aromatic nitrogens is 2. The molecule has 0 atom stereocenters. The van der Waals surface area contributed by atoms with E-state index in [2.05, 4.69) is 15.1 Å². The number of nitrogens with two attached hydrogens (primary N) is 2. The molecule has 0 amide bonds. The first kappa shape index (κ1) is 15.2. The second kappa shape index (κ2) is 6.21. The molecule has 3 heterocycles. The van der Waals surface area contributed by atoms with E-state index >= 15 is 0 Å². The lowest BCUT2D eigenvalue weighted by Gasteiger charge is -2.01. The van der Waals surface area contributed by atoms with E-state index in [4.69, 9.17) is 26.5 Å². The molecule has 3 aromatic heterocycles. The summed E-state index contributed by atoms with van der Waals surface area (Å²) >= 11 is 0.